The van der Waals surface area contributed by atoms with E-state index >= 15 is 0 Å². The molecule has 5 N–H and O–H groups in total. The number of carbonyl (C=O) groups is 2. The molecule has 2 amide bonds. The number of ether oxygens (including phenoxy) is 1. The number of amidine groups is 1. The molecule has 9 heteroatoms. The Morgan fingerprint density at radius 2 is 1.61 bits per heavy atom. The summed E-state index contributed by atoms with van der Waals surface area (Å²) in [5.41, 5.74) is 1.97. The van der Waals surface area contributed by atoms with Crippen LogP contribution in [0.3, 0.4) is 0 Å². The van der Waals surface area contributed by atoms with Crippen LogP contribution in [0.5, 0.6) is 5.75 Å². The van der Waals surface area contributed by atoms with Crippen LogP contribution in [-0.2, 0) is 16.0 Å². The number of benzene rings is 2. The Morgan fingerprint density at radius 3 is 2.27 bits per heavy atom. The van der Waals surface area contributed by atoms with Gasteiger partial charge in [-0.1, -0.05) is 69.3 Å². The molecule has 0 saturated carbocycles. The summed E-state index contributed by atoms with van der Waals surface area (Å²) < 4.78 is 6.12. The Bertz CT molecular complexity index is 1160. The predicted octanol–water partition coefficient (Wildman–Crippen LogP) is 3.08. The third-order valence-electron chi connectivity index (χ3n) is 7.82. The Hall–Kier alpha value is -3.43. The molecule has 0 spiro atoms. The highest BCUT2D eigenvalue weighted by Gasteiger charge is 2.37. The summed E-state index contributed by atoms with van der Waals surface area (Å²) in [6.45, 7) is 10.3. The van der Waals surface area contributed by atoms with Gasteiger partial charge in [-0.2, -0.15) is 0 Å². The maximum Gasteiger partial charge on any atom is 0.246 e. The van der Waals surface area contributed by atoms with Crippen molar-refractivity contribution in [1.29, 1.82) is 5.41 Å². The highest BCUT2D eigenvalue weighted by Crippen LogP contribution is 2.22. The van der Waals surface area contributed by atoms with E-state index in [1.807, 2.05) is 82.3 Å². The molecule has 2 aromatic rings. The van der Waals surface area contributed by atoms with Gasteiger partial charge in [0.2, 0.25) is 11.8 Å². The third kappa shape index (κ3) is 8.53. The second kappa shape index (κ2) is 15.0. The maximum absolute atomic E-state index is 13.8. The molecule has 0 bridgehead atoms. The van der Waals surface area contributed by atoms with E-state index in [4.69, 9.17) is 10.1 Å². The third-order valence-corrected chi connectivity index (χ3v) is 7.82. The SMILES string of the molecule is CC(C)[C@@H]1NCCOc2ccccc2CC[C@@H](C)NC(=O)[C@@H]([C@@H](C)c2ccccc2)NC(=O)[C@H](C(C)O)N(C)C1=N. The first-order valence-corrected chi connectivity index (χ1v) is 14.6. The van der Waals surface area contributed by atoms with Crippen LogP contribution in [0.25, 0.3) is 0 Å². The Labute approximate surface area is 244 Å². The van der Waals surface area contributed by atoms with Crippen molar-refractivity contribution in [3.63, 3.8) is 0 Å². The molecule has 3 rings (SSSR count). The fourth-order valence-electron chi connectivity index (χ4n) is 5.34. The molecule has 224 valence electrons. The standard InChI is InChI=1S/C32H47N5O4/c1-20(2)27-30(33)37(6)29(23(5)38)32(40)36-28(22(4)24-12-8-7-9-13-24)31(39)35-21(3)16-17-25-14-10-11-15-26(25)41-19-18-34-27/h7-15,20-23,27-29,33-34,38H,16-19H2,1-6H3,(H,35,39)(H,36,40)/t21-,22+,23?,27+,28-,29+/m1/s1. The van der Waals surface area contributed by atoms with Gasteiger partial charge in [-0.15, -0.1) is 0 Å². The number of carbonyl (C=O) groups excluding carboxylic acids is 2. The molecule has 0 radical (unpaired) electrons. The first-order valence-electron chi connectivity index (χ1n) is 14.6. The van der Waals surface area contributed by atoms with E-state index in [1.54, 1.807) is 7.05 Å². The van der Waals surface area contributed by atoms with Crippen LogP contribution in [0.4, 0.5) is 0 Å². The molecule has 0 aromatic heterocycles. The monoisotopic (exact) mass is 565 g/mol. The van der Waals surface area contributed by atoms with Gasteiger partial charge >= 0.3 is 0 Å². The zero-order valence-electron chi connectivity index (χ0n) is 25.2. The smallest absolute Gasteiger partial charge is 0.246 e. The minimum absolute atomic E-state index is 0.0404. The number of fused-ring (bicyclic) bond motifs is 1. The summed E-state index contributed by atoms with van der Waals surface area (Å²) in [7, 11) is 1.64. The van der Waals surface area contributed by atoms with Gasteiger partial charge in [-0.25, -0.2) is 0 Å². The number of para-hydroxylation sites is 1. The van der Waals surface area contributed by atoms with Crippen LogP contribution in [0.15, 0.2) is 54.6 Å². The lowest BCUT2D eigenvalue weighted by atomic mass is 9.91. The number of nitrogens with zero attached hydrogens (tertiary/aromatic N) is 1. The molecule has 1 aliphatic heterocycles. The van der Waals surface area contributed by atoms with Gasteiger partial charge < -0.3 is 30.7 Å². The normalized spacial score (nSPS) is 25.2. The molecule has 1 heterocycles. The lowest BCUT2D eigenvalue weighted by Crippen LogP contribution is -2.61. The second-order valence-corrected chi connectivity index (χ2v) is 11.4. The fourth-order valence-corrected chi connectivity index (χ4v) is 5.34. The van der Waals surface area contributed by atoms with Crippen LogP contribution in [0.2, 0.25) is 0 Å². The van der Waals surface area contributed by atoms with Gasteiger partial charge in [0.1, 0.15) is 30.3 Å². The van der Waals surface area contributed by atoms with Crippen LogP contribution in [0.1, 0.15) is 58.1 Å². The minimum Gasteiger partial charge on any atom is -0.492 e. The summed E-state index contributed by atoms with van der Waals surface area (Å²) >= 11 is 0. The molecule has 9 nitrogen and oxygen atoms in total. The van der Waals surface area contributed by atoms with E-state index in [0.717, 1.165) is 16.9 Å². The molecule has 0 fully saturated rings. The highest BCUT2D eigenvalue weighted by molar-refractivity contribution is 5.94. The van der Waals surface area contributed by atoms with Gasteiger partial charge in [0, 0.05) is 25.6 Å². The number of hydrogen-bond donors (Lipinski definition) is 5. The van der Waals surface area contributed by atoms with Gasteiger partial charge in [0.15, 0.2) is 0 Å². The van der Waals surface area contributed by atoms with Crippen molar-refractivity contribution >= 4 is 17.6 Å². The van der Waals surface area contributed by atoms with Crippen molar-refractivity contribution in [3.05, 3.63) is 65.7 Å². The second-order valence-electron chi connectivity index (χ2n) is 11.4. The molecule has 2 aromatic carbocycles. The summed E-state index contributed by atoms with van der Waals surface area (Å²) in [5, 5.41) is 29.1. The summed E-state index contributed by atoms with van der Waals surface area (Å²) in [5.74, 6) is -0.122. The zero-order valence-corrected chi connectivity index (χ0v) is 25.2. The van der Waals surface area contributed by atoms with Gasteiger partial charge in [-0.05, 0) is 49.8 Å². The van der Waals surface area contributed by atoms with Crippen molar-refractivity contribution < 1.29 is 19.4 Å². The fraction of sp³-hybridized carbons (Fsp3) is 0.531. The molecule has 0 saturated heterocycles. The van der Waals surface area contributed by atoms with Crippen molar-refractivity contribution in [2.45, 2.75) is 83.6 Å². The number of likely N-dealkylation sites (N-methyl/N-ethyl adjacent to an activating group) is 1. The van der Waals surface area contributed by atoms with Gasteiger partial charge in [0.05, 0.1) is 12.1 Å². The van der Waals surface area contributed by atoms with Crippen LogP contribution < -0.4 is 20.7 Å². The Balaban J connectivity index is 1.98. The maximum atomic E-state index is 13.8. The lowest BCUT2D eigenvalue weighted by Gasteiger charge is -2.37. The number of rotatable bonds is 4. The van der Waals surface area contributed by atoms with E-state index in [0.29, 0.717) is 26.0 Å². The average molecular weight is 566 g/mol. The summed E-state index contributed by atoms with van der Waals surface area (Å²) in [6.07, 6.45) is 0.314. The van der Waals surface area contributed by atoms with Crippen molar-refractivity contribution in [2.24, 2.45) is 5.92 Å². The topological polar surface area (TPSA) is 127 Å². The minimum atomic E-state index is -1.09. The number of hydrogen-bond acceptors (Lipinski definition) is 6. The van der Waals surface area contributed by atoms with E-state index in [2.05, 4.69) is 16.0 Å². The zero-order chi connectivity index (χ0) is 30.1. The van der Waals surface area contributed by atoms with Gasteiger partial charge in [0.25, 0.3) is 0 Å². The largest absolute Gasteiger partial charge is 0.492 e. The predicted molar refractivity (Wildman–Crippen MR) is 162 cm³/mol. The molecule has 1 aliphatic rings. The molecule has 6 atom stereocenters. The molecular formula is C32H47N5O4. The molecule has 0 aliphatic carbocycles. The summed E-state index contributed by atoms with van der Waals surface area (Å²) in [6, 6.07) is 15.0. The molecular weight excluding hydrogens is 518 g/mol. The Morgan fingerprint density at radius 1 is 0.951 bits per heavy atom. The number of aliphatic hydroxyl groups is 1. The van der Waals surface area contributed by atoms with Gasteiger partial charge in [-0.3, -0.25) is 15.0 Å². The van der Waals surface area contributed by atoms with E-state index in [9.17, 15) is 14.7 Å². The highest BCUT2D eigenvalue weighted by atomic mass is 16.5. The molecule has 41 heavy (non-hydrogen) atoms. The Kier molecular flexibility index (Phi) is 11.7. The summed E-state index contributed by atoms with van der Waals surface area (Å²) in [4.78, 5) is 29.0. The molecule has 1 unspecified atom stereocenters. The van der Waals surface area contributed by atoms with Crippen LogP contribution in [0, 0.1) is 11.3 Å². The number of aryl methyl sites for hydroxylation is 1. The first-order chi connectivity index (χ1) is 19.5. The number of amides is 2. The van der Waals surface area contributed by atoms with Crippen molar-refractivity contribution in [3.8, 4) is 5.75 Å². The lowest BCUT2D eigenvalue weighted by molar-refractivity contribution is -0.133. The van der Waals surface area contributed by atoms with E-state index in [-0.39, 0.29) is 35.7 Å². The first kappa shape index (κ1) is 32.1. The number of aliphatic hydroxyl groups excluding tert-OH is 1. The van der Waals surface area contributed by atoms with Crippen molar-refractivity contribution in [2.75, 3.05) is 20.2 Å². The number of nitrogens with one attached hydrogen (secondary N) is 4. The van der Waals surface area contributed by atoms with Crippen LogP contribution in [-0.4, -0.2) is 78.1 Å². The van der Waals surface area contributed by atoms with E-state index in [1.165, 1.54) is 11.8 Å². The van der Waals surface area contributed by atoms with Crippen LogP contribution >= 0.6 is 0 Å². The quantitative estimate of drug-likeness (QED) is 0.388. The van der Waals surface area contributed by atoms with Crippen molar-refractivity contribution in [1.82, 2.24) is 20.9 Å². The van der Waals surface area contributed by atoms with E-state index < -0.39 is 24.1 Å². The average Bonchev–Trinajstić information content (AvgIpc) is 2.94.